The van der Waals surface area contributed by atoms with E-state index in [1.54, 1.807) is 36.4 Å². The van der Waals surface area contributed by atoms with Gasteiger partial charge in [-0.1, -0.05) is 35.0 Å². The quantitative estimate of drug-likeness (QED) is 0.284. The van der Waals surface area contributed by atoms with E-state index in [9.17, 15) is 9.59 Å². The number of ether oxygens (including phenoxy) is 1. The molecule has 1 heterocycles. The Morgan fingerprint density at radius 1 is 1.09 bits per heavy atom. The fraction of sp³-hybridized carbons (Fsp3) is 0.240. The van der Waals surface area contributed by atoms with Crippen molar-refractivity contribution in [2.45, 2.75) is 39.5 Å². The van der Waals surface area contributed by atoms with Gasteiger partial charge < -0.3 is 9.15 Å². The Labute approximate surface area is 194 Å². The molecule has 32 heavy (non-hydrogen) atoms. The van der Waals surface area contributed by atoms with Crippen LogP contribution in [0.3, 0.4) is 0 Å². The Hall–Kier alpha value is -3.19. The molecule has 1 aromatic heterocycles. The number of carbonyl (C=O) groups is 2. The van der Waals surface area contributed by atoms with Crippen molar-refractivity contribution in [3.05, 3.63) is 86.8 Å². The predicted molar refractivity (Wildman–Crippen MR) is 125 cm³/mol. The SMILES string of the molecule is CCc1ccc(OC(=O)c2oc3c(c2C)/C(=N/NC(=O)c2ccc(Br)cc2)CCC3)cc1. The Balaban J connectivity index is 1.54. The summed E-state index contributed by atoms with van der Waals surface area (Å²) in [7, 11) is 0. The predicted octanol–water partition coefficient (Wildman–Crippen LogP) is 5.60. The van der Waals surface area contributed by atoms with E-state index in [-0.39, 0.29) is 11.7 Å². The normalized spacial score (nSPS) is 14.2. The van der Waals surface area contributed by atoms with Gasteiger partial charge in [0.2, 0.25) is 5.76 Å². The summed E-state index contributed by atoms with van der Waals surface area (Å²) in [6, 6.07) is 14.5. The first kappa shape index (κ1) is 22.0. The van der Waals surface area contributed by atoms with Gasteiger partial charge in [0.15, 0.2) is 0 Å². The van der Waals surface area contributed by atoms with Gasteiger partial charge in [0, 0.05) is 27.6 Å². The van der Waals surface area contributed by atoms with Crippen LogP contribution in [-0.2, 0) is 12.8 Å². The van der Waals surface area contributed by atoms with E-state index >= 15 is 0 Å². The fourth-order valence-corrected chi connectivity index (χ4v) is 3.97. The molecule has 7 heteroatoms. The van der Waals surface area contributed by atoms with Crippen molar-refractivity contribution in [2.24, 2.45) is 5.10 Å². The number of hydrogen-bond donors (Lipinski definition) is 1. The van der Waals surface area contributed by atoms with Crippen LogP contribution in [0.4, 0.5) is 0 Å². The van der Waals surface area contributed by atoms with E-state index in [2.05, 4.69) is 33.4 Å². The number of esters is 1. The van der Waals surface area contributed by atoms with Gasteiger partial charge in [-0.3, -0.25) is 4.79 Å². The van der Waals surface area contributed by atoms with E-state index in [4.69, 9.17) is 9.15 Å². The van der Waals surface area contributed by atoms with Crippen LogP contribution in [0, 0.1) is 6.92 Å². The van der Waals surface area contributed by atoms with Gasteiger partial charge in [-0.2, -0.15) is 5.10 Å². The zero-order chi connectivity index (χ0) is 22.7. The molecular weight excluding hydrogens is 472 g/mol. The molecule has 0 fully saturated rings. The number of nitrogens with zero attached hydrogens (tertiary/aromatic N) is 1. The molecule has 2 aromatic carbocycles. The summed E-state index contributed by atoms with van der Waals surface area (Å²) < 4.78 is 12.3. The van der Waals surface area contributed by atoms with Crippen LogP contribution in [0.5, 0.6) is 5.75 Å². The van der Waals surface area contributed by atoms with Gasteiger partial charge in [0.1, 0.15) is 11.5 Å². The number of fused-ring (bicyclic) bond motifs is 1. The first-order chi connectivity index (χ1) is 15.5. The first-order valence-electron chi connectivity index (χ1n) is 10.5. The van der Waals surface area contributed by atoms with Crippen LogP contribution < -0.4 is 10.2 Å². The number of benzene rings is 2. The average molecular weight is 495 g/mol. The molecule has 1 amide bonds. The largest absolute Gasteiger partial charge is 0.453 e. The molecule has 4 rings (SSSR count). The lowest BCUT2D eigenvalue weighted by atomic mass is 9.93. The van der Waals surface area contributed by atoms with Crippen molar-refractivity contribution in [1.29, 1.82) is 0 Å². The smallest absolute Gasteiger partial charge is 0.379 e. The van der Waals surface area contributed by atoms with Gasteiger partial charge in [0.05, 0.1) is 5.71 Å². The van der Waals surface area contributed by atoms with E-state index in [1.807, 2.05) is 19.1 Å². The lowest BCUT2D eigenvalue weighted by Gasteiger charge is -2.13. The van der Waals surface area contributed by atoms with Crippen LogP contribution in [-0.4, -0.2) is 17.6 Å². The van der Waals surface area contributed by atoms with Crippen LogP contribution in [0.25, 0.3) is 0 Å². The van der Waals surface area contributed by atoms with Crippen molar-refractivity contribution < 1.29 is 18.7 Å². The van der Waals surface area contributed by atoms with Gasteiger partial charge >= 0.3 is 5.97 Å². The van der Waals surface area contributed by atoms with Crippen molar-refractivity contribution in [3.8, 4) is 5.75 Å². The second-order valence-corrected chi connectivity index (χ2v) is 8.52. The Morgan fingerprint density at radius 3 is 2.50 bits per heavy atom. The molecule has 6 nitrogen and oxygen atoms in total. The second kappa shape index (κ2) is 9.53. The number of halogens is 1. The van der Waals surface area contributed by atoms with Gasteiger partial charge in [0.25, 0.3) is 5.91 Å². The zero-order valence-electron chi connectivity index (χ0n) is 17.9. The highest BCUT2D eigenvalue weighted by Gasteiger charge is 2.29. The Bertz CT molecular complexity index is 1180. The van der Waals surface area contributed by atoms with Crippen molar-refractivity contribution >= 4 is 33.5 Å². The summed E-state index contributed by atoms with van der Waals surface area (Å²) in [4.78, 5) is 25.2. The van der Waals surface area contributed by atoms with Crippen LogP contribution in [0.2, 0.25) is 0 Å². The summed E-state index contributed by atoms with van der Waals surface area (Å²) in [6.45, 7) is 3.88. The molecule has 0 radical (unpaired) electrons. The van der Waals surface area contributed by atoms with Crippen LogP contribution in [0.1, 0.15) is 63.1 Å². The maximum atomic E-state index is 12.8. The summed E-state index contributed by atoms with van der Waals surface area (Å²) in [6.07, 6.45) is 3.12. The number of hydrazone groups is 1. The summed E-state index contributed by atoms with van der Waals surface area (Å²) >= 11 is 3.36. The lowest BCUT2D eigenvalue weighted by Crippen LogP contribution is -2.22. The molecule has 1 aliphatic rings. The first-order valence-corrected chi connectivity index (χ1v) is 11.3. The highest BCUT2D eigenvalue weighted by molar-refractivity contribution is 9.10. The molecule has 0 atom stereocenters. The summed E-state index contributed by atoms with van der Waals surface area (Å²) in [5.41, 5.74) is 6.45. The van der Waals surface area contributed by atoms with Gasteiger partial charge in [-0.15, -0.1) is 0 Å². The summed E-state index contributed by atoms with van der Waals surface area (Å²) in [5, 5.41) is 4.35. The standard InChI is InChI=1S/C25H23BrN2O4/c1-3-16-7-13-19(14-8-16)31-25(30)23-15(2)22-20(5-4-6-21(22)32-23)27-28-24(29)17-9-11-18(26)12-10-17/h7-14H,3-6H2,1-2H3,(H,28,29)/b27-20+. The summed E-state index contributed by atoms with van der Waals surface area (Å²) in [5.74, 6) is 0.492. The van der Waals surface area contributed by atoms with Gasteiger partial charge in [-0.05, 0) is 68.1 Å². The lowest BCUT2D eigenvalue weighted by molar-refractivity contribution is 0.0698. The third-order valence-electron chi connectivity index (χ3n) is 5.45. The van der Waals surface area contributed by atoms with E-state index in [0.29, 0.717) is 41.2 Å². The third-order valence-corrected chi connectivity index (χ3v) is 5.98. The minimum absolute atomic E-state index is 0.170. The third kappa shape index (κ3) is 4.67. The molecule has 0 bridgehead atoms. The zero-order valence-corrected chi connectivity index (χ0v) is 19.5. The monoisotopic (exact) mass is 494 g/mol. The number of carbonyl (C=O) groups excluding carboxylic acids is 2. The molecule has 1 aliphatic carbocycles. The molecule has 0 saturated heterocycles. The number of nitrogens with one attached hydrogen (secondary N) is 1. The Morgan fingerprint density at radius 2 is 1.81 bits per heavy atom. The van der Waals surface area contributed by atoms with Crippen molar-refractivity contribution in [2.75, 3.05) is 0 Å². The molecule has 0 saturated carbocycles. The van der Waals surface area contributed by atoms with Crippen molar-refractivity contribution in [3.63, 3.8) is 0 Å². The molecule has 0 spiro atoms. The van der Waals surface area contributed by atoms with E-state index in [0.717, 1.165) is 22.9 Å². The topological polar surface area (TPSA) is 80.9 Å². The van der Waals surface area contributed by atoms with E-state index < -0.39 is 5.97 Å². The highest BCUT2D eigenvalue weighted by Crippen LogP contribution is 2.30. The molecular formula is C25H23BrN2O4. The van der Waals surface area contributed by atoms with Gasteiger partial charge in [-0.25, -0.2) is 10.2 Å². The number of aryl methyl sites for hydroxylation is 2. The average Bonchev–Trinajstić information content (AvgIpc) is 3.15. The second-order valence-electron chi connectivity index (χ2n) is 7.60. The minimum Gasteiger partial charge on any atom is -0.453 e. The maximum absolute atomic E-state index is 12.8. The Kier molecular flexibility index (Phi) is 6.55. The molecule has 164 valence electrons. The number of amides is 1. The van der Waals surface area contributed by atoms with E-state index in [1.165, 1.54) is 5.56 Å². The van der Waals surface area contributed by atoms with Crippen LogP contribution >= 0.6 is 15.9 Å². The van der Waals surface area contributed by atoms with Crippen molar-refractivity contribution in [1.82, 2.24) is 5.43 Å². The molecule has 0 aliphatic heterocycles. The highest BCUT2D eigenvalue weighted by atomic mass is 79.9. The molecule has 1 N–H and O–H groups in total. The fourth-order valence-electron chi connectivity index (χ4n) is 3.71. The number of hydrogen-bond acceptors (Lipinski definition) is 5. The molecule has 0 unspecified atom stereocenters. The minimum atomic E-state index is -0.542. The van der Waals surface area contributed by atoms with Crippen LogP contribution in [0.15, 0.2) is 62.5 Å². The number of furan rings is 1. The molecule has 3 aromatic rings. The number of rotatable bonds is 5. The maximum Gasteiger partial charge on any atom is 0.379 e.